The van der Waals surface area contributed by atoms with Crippen LogP contribution in [-0.4, -0.2) is 16.9 Å². The smallest absolute Gasteiger partial charge is 0.236 e. The Morgan fingerprint density at radius 1 is 1.40 bits per heavy atom. The summed E-state index contributed by atoms with van der Waals surface area (Å²) in [5.74, 6) is 0.338. The zero-order valence-electron chi connectivity index (χ0n) is 11.4. The van der Waals surface area contributed by atoms with Gasteiger partial charge in [0.15, 0.2) is 0 Å². The molecule has 0 spiro atoms. The highest BCUT2D eigenvalue weighted by Crippen LogP contribution is 2.18. The fraction of sp³-hybridized carbons (Fsp3) is 0.286. The lowest BCUT2D eigenvalue weighted by molar-refractivity contribution is -0.122. The van der Waals surface area contributed by atoms with E-state index < -0.39 is 6.04 Å². The minimum atomic E-state index is -0.525. The van der Waals surface area contributed by atoms with Crippen molar-refractivity contribution in [3.05, 3.63) is 41.8 Å². The van der Waals surface area contributed by atoms with Crippen molar-refractivity contribution < 1.29 is 9.21 Å². The third-order valence-corrected chi connectivity index (χ3v) is 2.71. The highest BCUT2D eigenvalue weighted by Gasteiger charge is 2.10. The third kappa shape index (κ3) is 4.08. The van der Waals surface area contributed by atoms with E-state index in [1.54, 1.807) is 6.92 Å². The van der Waals surface area contributed by atoms with Gasteiger partial charge >= 0.3 is 0 Å². The maximum absolute atomic E-state index is 11.3. The number of carbonyl (C=O) groups excluding carboxylic acids is 1. The van der Waals surface area contributed by atoms with Gasteiger partial charge in [0.2, 0.25) is 11.8 Å². The summed E-state index contributed by atoms with van der Waals surface area (Å²) >= 11 is 0. The molecule has 2 aromatic rings. The number of rotatable bonds is 4. The highest BCUT2D eigenvalue weighted by atomic mass is 35.5. The number of amides is 1. The molecule has 0 fully saturated rings. The monoisotopic (exact) mass is 295 g/mol. The lowest BCUT2D eigenvalue weighted by atomic mass is 10.1. The topological polar surface area (TPSA) is 81.2 Å². The Morgan fingerprint density at radius 2 is 2.05 bits per heavy atom. The van der Waals surface area contributed by atoms with E-state index >= 15 is 0 Å². The highest BCUT2D eigenvalue weighted by molar-refractivity contribution is 5.85. The van der Waals surface area contributed by atoms with Crippen LogP contribution in [0, 0.1) is 6.92 Å². The minimum Gasteiger partial charge on any atom is -0.444 e. The lowest BCUT2D eigenvalue weighted by Crippen LogP contribution is -2.37. The van der Waals surface area contributed by atoms with Gasteiger partial charge in [-0.05, 0) is 26.0 Å². The number of hydrogen-bond acceptors (Lipinski definition) is 4. The van der Waals surface area contributed by atoms with E-state index in [2.05, 4.69) is 10.3 Å². The molecular formula is C14H18ClN3O2. The van der Waals surface area contributed by atoms with Gasteiger partial charge in [-0.25, -0.2) is 4.98 Å². The number of halogens is 1. The summed E-state index contributed by atoms with van der Waals surface area (Å²) in [5, 5.41) is 2.69. The first kappa shape index (κ1) is 16.2. The molecule has 0 bridgehead atoms. The Morgan fingerprint density at radius 3 is 2.65 bits per heavy atom. The molecule has 0 saturated heterocycles. The molecule has 1 heterocycles. The molecule has 1 aromatic heterocycles. The predicted molar refractivity (Wildman–Crippen MR) is 79.4 cm³/mol. The fourth-order valence-corrected chi connectivity index (χ4v) is 1.56. The van der Waals surface area contributed by atoms with Gasteiger partial charge in [0.05, 0.1) is 18.3 Å². The number of aromatic nitrogens is 1. The van der Waals surface area contributed by atoms with Crippen molar-refractivity contribution >= 4 is 18.3 Å². The van der Waals surface area contributed by atoms with Crippen LogP contribution in [0.3, 0.4) is 0 Å². The zero-order chi connectivity index (χ0) is 13.8. The van der Waals surface area contributed by atoms with Crippen LogP contribution in [-0.2, 0) is 11.3 Å². The molecule has 3 N–H and O–H groups in total. The Bertz CT molecular complexity index is 564. The number of carbonyl (C=O) groups is 1. The largest absolute Gasteiger partial charge is 0.444 e. The molecule has 0 aliphatic heterocycles. The van der Waals surface area contributed by atoms with Crippen LogP contribution in [0.1, 0.15) is 18.2 Å². The van der Waals surface area contributed by atoms with Gasteiger partial charge in [0, 0.05) is 5.56 Å². The molecule has 0 radical (unpaired) electrons. The van der Waals surface area contributed by atoms with Gasteiger partial charge in [0.1, 0.15) is 6.26 Å². The van der Waals surface area contributed by atoms with Crippen LogP contribution in [0.15, 0.2) is 34.9 Å². The Hall–Kier alpha value is -1.85. The van der Waals surface area contributed by atoms with Crippen molar-refractivity contribution in [3.63, 3.8) is 0 Å². The number of nitrogens with zero attached hydrogens (tertiary/aromatic N) is 1. The standard InChI is InChI=1S/C14H17N3O2.ClH/c1-9-3-5-11(6-4-9)14-17-12(8-19-14)7-16-13(18)10(2)15;/h3-6,8,10H,7,15H2,1-2H3,(H,16,18);1H/t10-;/m1./s1. The lowest BCUT2D eigenvalue weighted by Gasteiger charge is -2.04. The molecule has 0 unspecified atom stereocenters. The Labute approximate surface area is 124 Å². The van der Waals surface area contributed by atoms with E-state index in [-0.39, 0.29) is 18.3 Å². The molecule has 1 atom stereocenters. The number of aryl methyl sites for hydroxylation is 1. The van der Waals surface area contributed by atoms with Gasteiger partial charge in [-0.15, -0.1) is 12.4 Å². The first-order valence-corrected chi connectivity index (χ1v) is 6.11. The van der Waals surface area contributed by atoms with Crippen LogP contribution in [0.4, 0.5) is 0 Å². The van der Waals surface area contributed by atoms with Gasteiger partial charge in [-0.3, -0.25) is 4.79 Å². The fourth-order valence-electron chi connectivity index (χ4n) is 1.56. The normalized spacial score (nSPS) is 11.6. The average molecular weight is 296 g/mol. The molecule has 0 saturated carbocycles. The summed E-state index contributed by atoms with van der Waals surface area (Å²) < 4.78 is 5.39. The second kappa shape index (κ2) is 7.07. The van der Waals surface area contributed by atoms with Crippen LogP contribution >= 0.6 is 12.4 Å². The van der Waals surface area contributed by atoms with Crippen molar-refractivity contribution in [1.82, 2.24) is 10.3 Å². The number of benzene rings is 1. The molecular weight excluding hydrogens is 278 g/mol. The van der Waals surface area contributed by atoms with Crippen LogP contribution in [0.25, 0.3) is 11.5 Å². The van der Waals surface area contributed by atoms with Crippen molar-refractivity contribution in [3.8, 4) is 11.5 Å². The van der Waals surface area contributed by atoms with Gasteiger partial charge < -0.3 is 15.5 Å². The first-order valence-electron chi connectivity index (χ1n) is 6.11. The van der Waals surface area contributed by atoms with Crippen LogP contribution in [0.5, 0.6) is 0 Å². The molecule has 20 heavy (non-hydrogen) atoms. The summed E-state index contributed by atoms with van der Waals surface area (Å²) in [6, 6.07) is 7.37. The Balaban J connectivity index is 0.00000200. The van der Waals surface area contributed by atoms with E-state index in [1.165, 1.54) is 11.8 Å². The Kier molecular flexibility index (Phi) is 5.73. The number of oxazole rings is 1. The molecule has 5 nitrogen and oxygen atoms in total. The van der Waals surface area contributed by atoms with E-state index in [9.17, 15) is 4.79 Å². The predicted octanol–water partition coefficient (Wildman–Crippen LogP) is 2.04. The van der Waals surface area contributed by atoms with Crippen molar-refractivity contribution in [2.75, 3.05) is 0 Å². The molecule has 0 aliphatic rings. The summed E-state index contributed by atoms with van der Waals surface area (Å²) in [7, 11) is 0. The van der Waals surface area contributed by atoms with Crippen LogP contribution < -0.4 is 11.1 Å². The second-order valence-electron chi connectivity index (χ2n) is 4.52. The maximum atomic E-state index is 11.3. The molecule has 1 amide bonds. The number of hydrogen-bond donors (Lipinski definition) is 2. The summed E-state index contributed by atoms with van der Waals surface area (Å²) in [4.78, 5) is 15.7. The van der Waals surface area contributed by atoms with E-state index in [0.29, 0.717) is 18.1 Å². The SMILES string of the molecule is Cc1ccc(-c2nc(CNC(=O)[C@@H](C)N)co2)cc1.Cl. The van der Waals surface area contributed by atoms with Crippen molar-refractivity contribution in [2.24, 2.45) is 5.73 Å². The molecule has 6 heteroatoms. The zero-order valence-corrected chi connectivity index (χ0v) is 12.2. The quantitative estimate of drug-likeness (QED) is 0.904. The van der Waals surface area contributed by atoms with E-state index in [4.69, 9.17) is 10.2 Å². The summed E-state index contributed by atoms with van der Waals surface area (Å²) in [5.41, 5.74) is 8.22. The van der Waals surface area contributed by atoms with Crippen molar-refractivity contribution in [2.45, 2.75) is 26.4 Å². The molecule has 1 aromatic carbocycles. The van der Waals surface area contributed by atoms with Gasteiger partial charge in [-0.1, -0.05) is 17.7 Å². The van der Waals surface area contributed by atoms with Crippen molar-refractivity contribution in [1.29, 1.82) is 0 Å². The number of nitrogens with two attached hydrogens (primary N) is 1. The average Bonchev–Trinajstić information content (AvgIpc) is 2.85. The summed E-state index contributed by atoms with van der Waals surface area (Å²) in [6.07, 6.45) is 1.54. The minimum absolute atomic E-state index is 0. The molecule has 108 valence electrons. The van der Waals surface area contributed by atoms with Gasteiger partial charge in [-0.2, -0.15) is 0 Å². The molecule has 2 rings (SSSR count). The maximum Gasteiger partial charge on any atom is 0.236 e. The molecule has 0 aliphatic carbocycles. The second-order valence-corrected chi connectivity index (χ2v) is 4.52. The van der Waals surface area contributed by atoms with E-state index in [0.717, 1.165) is 5.56 Å². The first-order chi connectivity index (χ1) is 9.06. The van der Waals surface area contributed by atoms with Crippen LogP contribution in [0.2, 0.25) is 0 Å². The number of nitrogens with one attached hydrogen (secondary N) is 1. The van der Waals surface area contributed by atoms with E-state index in [1.807, 2.05) is 31.2 Å². The summed E-state index contributed by atoms with van der Waals surface area (Å²) in [6.45, 7) is 3.97. The van der Waals surface area contributed by atoms with Gasteiger partial charge in [0.25, 0.3) is 0 Å². The third-order valence-electron chi connectivity index (χ3n) is 2.71.